The van der Waals surface area contributed by atoms with Gasteiger partial charge in [0.15, 0.2) is 0 Å². The lowest BCUT2D eigenvalue weighted by Gasteiger charge is -2.30. The summed E-state index contributed by atoms with van der Waals surface area (Å²) in [6.45, 7) is 7.82. The number of carbonyl (C=O) groups is 1. The third-order valence-electron chi connectivity index (χ3n) is 1.91. The molecule has 1 aromatic carbocycles. The summed E-state index contributed by atoms with van der Waals surface area (Å²) in [4.78, 5) is 16.1. The predicted molar refractivity (Wildman–Crippen MR) is 59.7 cm³/mol. The summed E-state index contributed by atoms with van der Waals surface area (Å²) in [5, 5.41) is 1.22. The van der Waals surface area contributed by atoms with Gasteiger partial charge in [-0.15, -0.1) is 0 Å². The zero-order valence-electron chi connectivity index (χ0n) is 10.1. The van der Waals surface area contributed by atoms with Gasteiger partial charge in [0, 0.05) is 0 Å². The third-order valence-corrected chi connectivity index (χ3v) is 1.91. The molecule has 81 valence electrons. The van der Waals surface area contributed by atoms with Gasteiger partial charge in [0.05, 0.1) is 5.54 Å². The minimum atomic E-state index is -0.559. The summed E-state index contributed by atoms with van der Waals surface area (Å²) < 4.78 is 0. The van der Waals surface area contributed by atoms with E-state index in [0.29, 0.717) is 13.0 Å². The maximum atomic E-state index is 10.7. The van der Waals surface area contributed by atoms with Crippen molar-refractivity contribution in [3.8, 4) is 0 Å². The average molecular weight is 207 g/mol. The fourth-order valence-electron chi connectivity index (χ4n) is 1.07. The summed E-state index contributed by atoms with van der Waals surface area (Å²) >= 11 is 0. The second-order valence-corrected chi connectivity index (χ2v) is 4.00. The Morgan fingerprint density at radius 1 is 1.47 bits per heavy atom. The average Bonchev–Trinajstić information content (AvgIpc) is 2.18. The molecule has 3 heteroatoms. The SMILES string of the molecule is [CH2]C(C)(C)N(C=O)OCc1ccccc1.[H+]. The molecule has 1 rings (SSSR count). The summed E-state index contributed by atoms with van der Waals surface area (Å²) in [5.74, 6) is 0. The van der Waals surface area contributed by atoms with Crippen LogP contribution in [0, 0.1) is 6.92 Å². The van der Waals surface area contributed by atoms with Crippen LogP contribution in [-0.4, -0.2) is 17.0 Å². The highest BCUT2D eigenvalue weighted by Gasteiger charge is 2.20. The Morgan fingerprint density at radius 2 is 2.07 bits per heavy atom. The standard InChI is InChI=1S/C12H16NO2/c1-12(2,3)13(10-14)15-9-11-7-5-4-6-8-11/h4-8,10H,1,9H2,2-3H3/p+1. The molecule has 0 saturated carbocycles. The lowest BCUT2D eigenvalue weighted by molar-refractivity contribution is -0.202. The van der Waals surface area contributed by atoms with Gasteiger partial charge in [-0.3, -0.25) is 9.63 Å². The monoisotopic (exact) mass is 207 g/mol. The third kappa shape index (κ3) is 3.72. The van der Waals surface area contributed by atoms with Crippen molar-refractivity contribution in [2.24, 2.45) is 0 Å². The number of rotatable bonds is 5. The largest absolute Gasteiger partial charge is 1.00 e. The first-order valence-electron chi connectivity index (χ1n) is 4.81. The first-order chi connectivity index (χ1) is 7.04. The molecule has 0 bridgehead atoms. The molecule has 0 aliphatic rings. The highest BCUT2D eigenvalue weighted by molar-refractivity contribution is 5.46. The zero-order valence-corrected chi connectivity index (χ0v) is 9.14. The molecule has 0 atom stereocenters. The lowest BCUT2D eigenvalue weighted by atomic mass is 10.1. The Hall–Kier alpha value is -1.35. The summed E-state index contributed by atoms with van der Waals surface area (Å²) in [6.07, 6.45) is 0.649. The fourth-order valence-corrected chi connectivity index (χ4v) is 1.07. The van der Waals surface area contributed by atoms with E-state index >= 15 is 0 Å². The maximum Gasteiger partial charge on any atom is 1.00 e. The van der Waals surface area contributed by atoms with Gasteiger partial charge in [-0.2, -0.15) is 0 Å². The number of benzene rings is 1. The van der Waals surface area contributed by atoms with Crippen LogP contribution in [0.15, 0.2) is 30.3 Å². The molecule has 0 unspecified atom stereocenters. The van der Waals surface area contributed by atoms with E-state index in [2.05, 4.69) is 6.92 Å². The van der Waals surface area contributed by atoms with Crippen LogP contribution in [0.1, 0.15) is 20.8 Å². The molecule has 0 aromatic heterocycles. The Bertz CT molecular complexity index is 309. The van der Waals surface area contributed by atoms with Crippen LogP contribution in [-0.2, 0) is 16.2 Å². The number of amides is 1. The summed E-state index contributed by atoms with van der Waals surface area (Å²) in [7, 11) is 0. The van der Waals surface area contributed by atoms with Crippen LogP contribution in [0.5, 0.6) is 0 Å². The smallest absolute Gasteiger partial charge is 0.276 e. The van der Waals surface area contributed by atoms with Crippen LogP contribution in [0.4, 0.5) is 0 Å². The number of hydrogen-bond donors (Lipinski definition) is 0. The van der Waals surface area contributed by atoms with Gasteiger partial charge in [0.2, 0.25) is 6.41 Å². The lowest BCUT2D eigenvalue weighted by Crippen LogP contribution is -2.40. The molecule has 0 fully saturated rings. The normalized spacial score (nSPS) is 11.1. The molecule has 1 radical (unpaired) electrons. The molecule has 0 heterocycles. The van der Waals surface area contributed by atoms with E-state index in [9.17, 15) is 4.79 Å². The molecule has 1 aromatic rings. The topological polar surface area (TPSA) is 29.5 Å². The molecular weight excluding hydrogens is 190 g/mol. The van der Waals surface area contributed by atoms with Crippen molar-refractivity contribution in [2.45, 2.75) is 26.0 Å². The van der Waals surface area contributed by atoms with Gasteiger partial charge in [-0.25, -0.2) is 5.06 Å². The van der Waals surface area contributed by atoms with Gasteiger partial charge in [-0.1, -0.05) is 30.3 Å². The van der Waals surface area contributed by atoms with E-state index < -0.39 is 5.54 Å². The van der Waals surface area contributed by atoms with E-state index in [-0.39, 0.29) is 1.43 Å². The Morgan fingerprint density at radius 3 is 2.53 bits per heavy atom. The number of hydrogen-bond acceptors (Lipinski definition) is 2. The summed E-state index contributed by atoms with van der Waals surface area (Å²) in [6, 6.07) is 9.68. The second kappa shape index (κ2) is 4.94. The maximum absolute atomic E-state index is 10.7. The number of hydroxylamine groups is 2. The molecule has 0 spiro atoms. The van der Waals surface area contributed by atoms with Crippen molar-refractivity contribution in [2.75, 3.05) is 0 Å². The molecule has 0 aliphatic heterocycles. The van der Waals surface area contributed by atoms with Crippen molar-refractivity contribution in [1.29, 1.82) is 0 Å². The predicted octanol–water partition coefficient (Wildman–Crippen LogP) is 2.30. The van der Waals surface area contributed by atoms with E-state index in [0.717, 1.165) is 5.56 Å². The molecule has 0 saturated heterocycles. The quantitative estimate of drug-likeness (QED) is 0.547. The molecule has 0 N–H and O–H groups in total. The van der Waals surface area contributed by atoms with Gasteiger partial charge in [-0.05, 0) is 26.3 Å². The number of nitrogens with zero attached hydrogens (tertiary/aromatic N) is 1. The van der Waals surface area contributed by atoms with E-state index in [1.165, 1.54) is 5.06 Å². The first kappa shape index (κ1) is 11.7. The molecule has 0 aliphatic carbocycles. The van der Waals surface area contributed by atoms with Crippen LogP contribution in [0.3, 0.4) is 0 Å². The van der Waals surface area contributed by atoms with Crippen molar-refractivity contribution in [1.82, 2.24) is 5.06 Å². The molecule has 1 amide bonds. The fraction of sp³-hybridized carbons (Fsp3) is 0.333. The minimum Gasteiger partial charge on any atom is -0.276 e. The number of carbonyl (C=O) groups excluding carboxylic acids is 1. The molecule has 3 nitrogen and oxygen atoms in total. The van der Waals surface area contributed by atoms with Gasteiger partial charge in [0.25, 0.3) is 0 Å². The Labute approximate surface area is 92.1 Å². The van der Waals surface area contributed by atoms with Crippen molar-refractivity contribution < 1.29 is 11.1 Å². The Balaban J connectivity index is 0.00000225. The van der Waals surface area contributed by atoms with Crippen molar-refractivity contribution in [3.63, 3.8) is 0 Å². The van der Waals surface area contributed by atoms with Gasteiger partial charge in [0.1, 0.15) is 6.61 Å². The van der Waals surface area contributed by atoms with E-state index in [1.807, 2.05) is 44.2 Å². The highest BCUT2D eigenvalue weighted by atomic mass is 16.7. The Kier molecular flexibility index (Phi) is 3.86. The molecule has 15 heavy (non-hydrogen) atoms. The van der Waals surface area contributed by atoms with Crippen LogP contribution < -0.4 is 0 Å². The van der Waals surface area contributed by atoms with Gasteiger partial charge < -0.3 is 0 Å². The van der Waals surface area contributed by atoms with Crippen LogP contribution >= 0.6 is 0 Å². The summed E-state index contributed by atoms with van der Waals surface area (Å²) in [5.41, 5.74) is 0.463. The highest BCUT2D eigenvalue weighted by Crippen LogP contribution is 2.12. The zero-order chi connectivity index (χ0) is 11.3. The van der Waals surface area contributed by atoms with Gasteiger partial charge >= 0.3 is 1.43 Å². The van der Waals surface area contributed by atoms with Crippen molar-refractivity contribution >= 4 is 6.41 Å². The van der Waals surface area contributed by atoms with E-state index in [1.54, 1.807) is 0 Å². The molecular formula is C12H17NO2+. The van der Waals surface area contributed by atoms with Crippen molar-refractivity contribution in [3.05, 3.63) is 42.8 Å². The van der Waals surface area contributed by atoms with Crippen LogP contribution in [0.2, 0.25) is 0 Å². The first-order valence-corrected chi connectivity index (χ1v) is 4.81. The minimum absolute atomic E-state index is 0. The second-order valence-electron chi connectivity index (χ2n) is 4.00. The van der Waals surface area contributed by atoms with E-state index in [4.69, 9.17) is 4.84 Å². The van der Waals surface area contributed by atoms with Crippen LogP contribution in [0.25, 0.3) is 0 Å².